The number of methoxy groups -OCH3 is 1. The third-order valence-electron chi connectivity index (χ3n) is 2.96. The molecule has 1 amide bonds. The third kappa shape index (κ3) is 3.82. The van der Waals surface area contributed by atoms with E-state index in [1.54, 1.807) is 36.4 Å². The highest BCUT2D eigenvalue weighted by Crippen LogP contribution is 2.10. The lowest BCUT2D eigenvalue weighted by molar-refractivity contribution is 0.0600. The molecule has 0 saturated carbocycles. The molecule has 0 atom stereocenters. The fourth-order valence-corrected chi connectivity index (χ4v) is 1.77. The van der Waals surface area contributed by atoms with Gasteiger partial charge in [0.2, 0.25) is 0 Å². The van der Waals surface area contributed by atoms with Gasteiger partial charge < -0.3 is 15.2 Å². The Morgan fingerprint density at radius 3 is 2.14 bits per heavy atom. The number of ether oxygens (including phenoxy) is 1. The summed E-state index contributed by atoms with van der Waals surface area (Å²) in [6.07, 6.45) is 0. The highest BCUT2D eigenvalue weighted by atomic mass is 16.5. The monoisotopic (exact) mass is 285 g/mol. The first-order chi connectivity index (χ1) is 10.1. The van der Waals surface area contributed by atoms with Crippen LogP contribution in [0, 0.1) is 0 Å². The van der Waals surface area contributed by atoms with Crippen LogP contribution in [0.4, 0.5) is 0 Å². The summed E-state index contributed by atoms with van der Waals surface area (Å²) in [6, 6.07) is 12.8. The number of carbonyl (C=O) groups is 2. The van der Waals surface area contributed by atoms with Crippen LogP contribution in [-0.2, 0) is 11.3 Å². The van der Waals surface area contributed by atoms with Crippen molar-refractivity contribution in [3.05, 3.63) is 65.2 Å². The lowest BCUT2D eigenvalue weighted by atomic mass is 10.1. The van der Waals surface area contributed by atoms with E-state index in [1.807, 2.05) is 0 Å². The summed E-state index contributed by atoms with van der Waals surface area (Å²) >= 11 is 0. The Morgan fingerprint density at radius 2 is 1.57 bits per heavy atom. The van der Waals surface area contributed by atoms with Gasteiger partial charge in [-0.2, -0.15) is 0 Å². The molecule has 0 aliphatic rings. The summed E-state index contributed by atoms with van der Waals surface area (Å²) in [5.74, 6) is -0.508. The molecular formula is C16H15NO4. The Labute approximate surface area is 122 Å². The minimum atomic E-state index is -0.394. The van der Waals surface area contributed by atoms with Gasteiger partial charge >= 0.3 is 5.97 Å². The van der Waals surface area contributed by atoms with Gasteiger partial charge in [0.25, 0.3) is 5.91 Å². The number of carbonyl (C=O) groups excluding carboxylic acids is 2. The SMILES string of the molecule is COC(=O)c1ccc(CNC(=O)c2ccc(O)cc2)cc1. The largest absolute Gasteiger partial charge is 0.508 e. The fourth-order valence-electron chi connectivity index (χ4n) is 1.77. The molecule has 0 radical (unpaired) electrons. The van der Waals surface area contributed by atoms with Crippen LogP contribution in [0.5, 0.6) is 5.75 Å². The van der Waals surface area contributed by atoms with Gasteiger partial charge in [0.05, 0.1) is 12.7 Å². The van der Waals surface area contributed by atoms with Gasteiger partial charge in [-0.15, -0.1) is 0 Å². The van der Waals surface area contributed by atoms with Crippen LogP contribution in [0.1, 0.15) is 26.3 Å². The smallest absolute Gasteiger partial charge is 0.337 e. The number of esters is 1. The van der Waals surface area contributed by atoms with E-state index in [4.69, 9.17) is 5.11 Å². The first-order valence-electron chi connectivity index (χ1n) is 6.34. The van der Waals surface area contributed by atoms with Gasteiger partial charge in [-0.1, -0.05) is 12.1 Å². The molecular weight excluding hydrogens is 270 g/mol. The normalized spacial score (nSPS) is 9.95. The molecule has 108 valence electrons. The molecule has 2 aromatic rings. The third-order valence-corrected chi connectivity index (χ3v) is 2.96. The highest BCUT2D eigenvalue weighted by molar-refractivity contribution is 5.94. The molecule has 0 fully saturated rings. The van der Waals surface area contributed by atoms with Crippen molar-refractivity contribution in [3.63, 3.8) is 0 Å². The molecule has 0 heterocycles. The van der Waals surface area contributed by atoms with Crippen LogP contribution < -0.4 is 5.32 Å². The van der Waals surface area contributed by atoms with E-state index in [0.29, 0.717) is 17.7 Å². The van der Waals surface area contributed by atoms with Crippen molar-refractivity contribution in [1.29, 1.82) is 0 Å². The lowest BCUT2D eigenvalue weighted by Crippen LogP contribution is -2.22. The Hall–Kier alpha value is -2.82. The van der Waals surface area contributed by atoms with Crippen molar-refractivity contribution in [1.82, 2.24) is 5.32 Å². The number of phenolic OH excluding ortho intramolecular Hbond substituents is 1. The number of hydrogen-bond acceptors (Lipinski definition) is 4. The zero-order valence-corrected chi connectivity index (χ0v) is 11.5. The Morgan fingerprint density at radius 1 is 1.00 bits per heavy atom. The maximum atomic E-state index is 11.9. The molecule has 2 rings (SSSR count). The van der Waals surface area contributed by atoms with E-state index in [2.05, 4.69) is 10.1 Å². The molecule has 0 bridgehead atoms. The predicted octanol–water partition coefficient (Wildman–Crippen LogP) is 2.11. The van der Waals surface area contributed by atoms with Gasteiger partial charge in [-0.25, -0.2) is 4.79 Å². The molecule has 2 N–H and O–H groups in total. The first kappa shape index (κ1) is 14.6. The minimum absolute atomic E-state index is 0.116. The van der Waals surface area contributed by atoms with E-state index in [1.165, 1.54) is 19.2 Å². The van der Waals surface area contributed by atoms with Gasteiger partial charge in [-0.05, 0) is 42.0 Å². The molecule has 0 aliphatic carbocycles. The first-order valence-corrected chi connectivity index (χ1v) is 6.34. The van der Waals surface area contributed by atoms with Crippen molar-refractivity contribution in [2.45, 2.75) is 6.54 Å². The molecule has 5 nitrogen and oxygen atoms in total. The van der Waals surface area contributed by atoms with Gasteiger partial charge in [0.15, 0.2) is 0 Å². The number of phenols is 1. The van der Waals surface area contributed by atoms with Crippen molar-refractivity contribution in [2.75, 3.05) is 7.11 Å². The predicted molar refractivity (Wildman–Crippen MR) is 77.1 cm³/mol. The summed E-state index contributed by atoms with van der Waals surface area (Å²) in [6.45, 7) is 0.348. The second-order valence-corrected chi connectivity index (χ2v) is 4.42. The second kappa shape index (κ2) is 6.56. The van der Waals surface area contributed by atoms with Crippen LogP contribution in [0.2, 0.25) is 0 Å². The van der Waals surface area contributed by atoms with Crippen LogP contribution in [0.3, 0.4) is 0 Å². The van der Waals surface area contributed by atoms with Gasteiger partial charge in [-0.3, -0.25) is 4.79 Å². The van der Waals surface area contributed by atoms with E-state index in [-0.39, 0.29) is 11.7 Å². The van der Waals surface area contributed by atoms with Crippen molar-refractivity contribution >= 4 is 11.9 Å². The molecule has 0 aromatic heterocycles. The molecule has 0 unspecified atom stereocenters. The summed E-state index contributed by atoms with van der Waals surface area (Å²) in [7, 11) is 1.33. The minimum Gasteiger partial charge on any atom is -0.508 e. The van der Waals surface area contributed by atoms with Crippen LogP contribution >= 0.6 is 0 Å². The summed E-state index contributed by atoms with van der Waals surface area (Å²) in [5, 5.41) is 11.9. The Bertz CT molecular complexity index is 632. The number of nitrogens with one attached hydrogen (secondary N) is 1. The Kier molecular flexibility index (Phi) is 4.56. The second-order valence-electron chi connectivity index (χ2n) is 4.42. The summed E-state index contributed by atoms with van der Waals surface area (Å²) in [4.78, 5) is 23.2. The number of rotatable bonds is 4. The van der Waals surface area contributed by atoms with E-state index in [0.717, 1.165) is 5.56 Å². The molecule has 0 aliphatic heterocycles. The van der Waals surface area contributed by atoms with Gasteiger partial charge in [0.1, 0.15) is 5.75 Å². The quantitative estimate of drug-likeness (QED) is 0.844. The zero-order valence-electron chi connectivity index (χ0n) is 11.5. The number of amides is 1. The molecule has 0 saturated heterocycles. The van der Waals surface area contributed by atoms with Crippen molar-refractivity contribution in [2.24, 2.45) is 0 Å². The molecule has 2 aromatic carbocycles. The van der Waals surface area contributed by atoms with E-state index < -0.39 is 5.97 Å². The summed E-state index contributed by atoms with van der Waals surface area (Å²) < 4.78 is 4.61. The van der Waals surface area contributed by atoms with E-state index in [9.17, 15) is 9.59 Å². The van der Waals surface area contributed by atoms with Gasteiger partial charge in [0, 0.05) is 12.1 Å². The van der Waals surface area contributed by atoms with Crippen LogP contribution in [0.15, 0.2) is 48.5 Å². The van der Waals surface area contributed by atoms with E-state index >= 15 is 0 Å². The topological polar surface area (TPSA) is 75.6 Å². The summed E-state index contributed by atoms with van der Waals surface area (Å²) in [5.41, 5.74) is 1.81. The molecule has 5 heteroatoms. The zero-order chi connectivity index (χ0) is 15.2. The number of hydrogen-bond donors (Lipinski definition) is 2. The number of aromatic hydroxyl groups is 1. The fraction of sp³-hybridized carbons (Fsp3) is 0.125. The highest BCUT2D eigenvalue weighted by Gasteiger charge is 2.07. The van der Waals surface area contributed by atoms with Crippen molar-refractivity contribution < 1.29 is 19.4 Å². The average molecular weight is 285 g/mol. The van der Waals surface area contributed by atoms with Crippen LogP contribution in [0.25, 0.3) is 0 Å². The maximum Gasteiger partial charge on any atom is 0.337 e. The molecule has 21 heavy (non-hydrogen) atoms. The number of benzene rings is 2. The molecule has 0 spiro atoms. The Balaban J connectivity index is 1.95. The maximum absolute atomic E-state index is 11.9. The lowest BCUT2D eigenvalue weighted by Gasteiger charge is -2.06. The standard InChI is InChI=1S/C16H15NO4/c1-21-16(20)13-4-2-11(3-5-13)10-17-15(19)12-6-8-14(18)9-7-12/h2-9,18H,10H2,1H3,(H,17,19). The van der Waals surface area contributed by atoms with Crippen molar-refractivity contribution in [3.8, 4) is 5.75 Å². The average Bonchev–Trinajstić information content (AvgIpc) is 2.53. The van der Waals surface area contributed by atoms with Crippen LogP contribution in [-0.4, -0.2) is 24.1 Å².